The second kappa shape index (κ2) is 11.6. The van der Waals surface area contributed by atoms with E-state index in [0.717, 1.165) is 38.6 Å². The van der Waals surface area contributed by atoms with Crippen molar-refractivity contribution in [1.82, 2.24) is 4.72 Å². The van der Waals surface area contributed by atoms with E-state index in [0.29, 0.717) is 0 Å². The van der Waals surface area contributed by atoms with Crippen molar-refractivity contribution in [2.45, 2.75) is 62.7 Å². The number of benzene rings is 4. The smallest absolute Gasteiger partial charge is 0.264 e. The van der Waals surface area contributed by atoms with Gasteiger partial charge in [-0.2, -0.15) is 0 Å². The lowest BCUT2D eigenvalue weighted by Crippen LogP contribution is -2.32. The molecule has 40 heavy (non-hydrogen) atoms. The van der Waals surface area contributed by atoms with E-state index in [1.54, 1.807) is 0 Å². The molecule has 0 atom stereocenters. The fourth-order valence-corrected chi connectivity index (χ4v) is 6.75. The molecule has 0 aliphatic carbocycles. The zero-order valence-corrected chi connectivity index (χ0v) is 25.1. The van der Waals surface area contributed by atoms with Crippen LogP contribution < -0.4 is 4.72 Å². The summed E-state index contributed by atoms with van der Waals surface area (Å²) < 4.78 is 52.2. The summed E-state index contributed by atoms with van der Waals surface area (Å²) in [6.07, 6.45) is -0.0967. The van der Waals surface area contributed by atoms with Crippen molar-refractivity contribution >= 4 is 36.5 Å². The number of carbonyl (C=O) groups is 1. The largest absolute Gasteiger partial charge is 0.274 e. The van der Waals surface area contributed by atoms with Gasteiger partial charge in [0.05, 0.1) is 22.0 Å². The molecule has 0 radical (unpaired) electrons. The fraction of sp³-hybridized carbons (Fsp3) is 0.281. The average molecular weight is 578 g/mol. The summed E-state index contributed by atoms with van der Waals surface area (Å²) in [5.41, 5.74) is 4.95. The van der Waals surface area contributed by atoms with Crippen LogP contribution in [0.25, 0.3) is 21.9 Å². The van der Waals surface area contributed by atoms with Crippen LogP contribution in [0.2, 0.25) is 0 Å². The Morgan fingerprint density at radius 1 is 0.700 bits per heavy atom. The molecule has 6 nitrogen and oxygen atoms in total. The van der Waals surface area contributed by atoms with E-state index in [9.17, 15) is 21.6 Å². The summed E-state index contributed by atoms with van der Waals surface area (Å²) in [5.74, 6) is -0.533. The van der Waals surface area contributed by atoms with Gasteiger partial charge in [-0.1, -0.05) is 83.1 Å². The molecule has 4 aromatic carbocycles. The van der Waals surface area contributed by atoms with Crippen LogP contribution in [0.3, 0.4) is 0 Å². The Kier molecular flexibility index (Phi) is 8.52. The van der Waals surface area contributed by atoms with Crippen molar-refractivity contribution in [3.8, 4) is 11.1 Å². The highest BCUT2D eigenvalue weighted by Crippen LogP contribution is 2.35. The van der Waals surface area contributed by atoms with Crippen LogP contribution in [0, 0.1) is 0 Å². The van der Waals surface area contributed by atoms with Gasteiger partial charge in [0.15, 0.2) is 9.84 Å². The third-order valence-corrected chi connectivity index (χ3v) is 10.2. The average Bonchev–Trinajstić information content (AvgIpc) is 2.92. The van der Waals surface area contributed by atoms with Crippen LogP contribution in [-0.2, 0) is 31.1 Å². The highest BCUT2D eigenvalue weighted by molar-refractivity contribution is 7.91. The number of fused-ring (bicyclic) bond motifs is 1. The number of hydrogen-bond acceptors (Lipinski definition) is 5. The van der Waals surface area contributed by atoms with Gasteiger partial charge in [-0.25, -0.2) is 21.6 Å². The lowest BCUT2D eigenvalue weighted by atomic mass is 9.83. The predicted molar refractivity (Wildman–Crippen MR) is 161 cm³/mol. The number of hydrogen-bond donors (Lipinski definition) is 1. The standard InChI is InChI=1S/C32H35NO5S2/c1-6-39(35,36)27-13-15-28(16-14-27)40(37,38)33-32(34)20-31-29(21(2)3)18-26(19-30(31)22(4)5)25-12-11-23-9-7-8-10-24(23)17-25/h7-19,21-22H,6,20H2,1-5H3,(H,33,34). The summed E-state index contributed by atoms with van der Waals surface area (Å²) in [6, 6.07) is 23.7. The Bertz CT molecular complexity index is 1740. The summed E-state index contributed by atoms with van der Waals surface area (Å²) in [6.45, 7) is 9.77. The van der Waals surface area contributed by atoms with Gasteiger partial charge in [-0.05, 0) is 80.8 Å². The molecule has 0 spiro atoms. The van der Waals surface area contributed by atoms with Gasteiger partial charge >= 0.3 is 0 Å². The van der Waals surface area contributed by atoms with Crippen molar-refractivity contribution in [3.05, 3.63) is 95.6 Å². The van der Waals surface area contributed by atoms with Gasteiger partial charge in [-0.15, -0.1) is 0 Å². The maximum absolute atomic E-state index is 13.1. The predicted octanol–water partition coefficient (Wildman–Crippen LogP) is 6.59. The summed E-state index contributed by atoms with van der Waals surface area (Å²) >= 11 is 0. The zero-order chi connectivity index (χ0) is 29.2. The molecule has 0 heterocycles. The third-order valence-electron chi connectivity index (χ3n) is 7.10. The molecule has 4 rings (SSSR count). The molecular weight excluding hydrogens is 542 g/mol. The molecule has 210 valence electrons. The molecule has 0 fully saturated rings. The van der Waals surface area contributed by atoms with Gasteiger partial charge in [0.1, 0.15) is 0 Å². The molecule has 0 aliphatic heterocycles. The monoisotopic (exact) mass is 577 g/mol. The molecule has 0 aliphatic rings. The van der Waals surface area contributed by atoms with Crippen molar-refractivity contribution < 1.29 is 21.6 Å². The number of rotatable bonds is 9. The molecule has 1 amide bonds. The Balaban J connectivity index is 1.66. The first kappa shape index (κ1) is 29.5. The molecule has 0 saturated heterocycles. The normalized spacial score (nSPS) is 12.3. The molecule has 0 bridgehead atoms. The van der Waals surface area contributed by atoms with E-state index >= 15 is 0 Å². The van der Waals surface area contributed by atoms with E-state index < -0.39 is 25.8 Å². The van der Waals surface area contributed by atoms with E-state index in [1.165, 1.54) is 31.2 Å². The van der Waals surface area contributed by atoms with Gasteiger partial charge in [0.25, 0.3) is 10.0 Å². The SMILES string of the molecule is CCS(=O)(=O)c1ccc(S(=O)(=O)NC(=O)Cc2c(C(C)C)cc(-c3ccc4ccccc4c3)cc2C(C)C)cc1. The first-order chi connectivity index (χ1) is 18.8. The summed E-state index contributed by atoms with van der Waals surface area (Å²) in [7, 11) is -7.65. The topological polar surface area (TPSA) is 97.4 Å². The van der Waals surface area contributed by atoms with Crippen LogP contribution in [0.5, 0.6) is 0 Å². The maximum atomic E-state index is 13.1. The van der Waals surface area contributed by atoms with Crippen LogP contribution in [0.4, 0.5) is 0 Å². The van der Waals surface area contributed by atoms with Crippen LogP contribution in [0.15, 0.2) is 88.7 Å². The van der Waals surface area contributed by atoms with Crippen LogP contribution >= 0.6 is 0 Å². The molecular formula is C32H35NO5S2. The highest BCUT2D eigenvalue weighted by atomic mass is 32.2. The Morgan fingerprint density at radius 3 is 1.80 bits per heavy atom. The first-order valence-electron chi connectivity index (χ1n) is 13.4. The maximum Gasteiger partial charge on any atom is 0.264 e. The Hall–Kier alpha value is -3.49. The molecule has 1 N–H and O–H groups in total. The molecule has 0 saturated carbocycles. The molecule has 4 aromatic rings. The van der Waals surface area contributed by atoms with Crippen LogP contribution in [-0.4, -0.2) is 28.5 Å². The lowest BCUT2D eigenvalue weighted by Gasteiger charge is -2.22. The number of nitrogens with one attached hydrogen (secondary N) is 1. The minimum Gasteiger partial charge on any atom is -0.274 e. The number of sulfonamides is 1. The van der Waals surface area contributed by atoms with Crippen molar-refractivity contribution in [1.29, 1.82) is 0 Å². The van der Waals surface area contributed by atoms with E-state index in [-0.39, 0.29) is 33.8 Å². The second-order valence-electron chi connectivity index (χ2n) is 10.6. The van der Waals surface area contributed by atoms with Crippen molar-refractivity contribution in [3.63, 3.8) is 0 Å². The summed E-state index contributed by atoms with van der Waals surface area (Å²) in [5, 5.41) is 2.31. The van der Waals surface area contributed by atoms with Gasteiger partial charge in [0.2, 0.25) is 5.91 Å². The third kappa shape index (κ3) is 6.29. The van der Waals surface area contributed by atoms with E-state index in [4.69, 9.17) is 0 Å². The van der Waals surface area contributed by atoms with Crippen molar-refractivity contribution in [2.24, 2.45) is 0 Å². The van der Waals surface area contributed by atoms with Crippen LogP contribution in [0.1, 0.15) is 63.1 Å². The minimum absolute atomic E-state index is 0.0370. The fourth-order valence-electron chi connectivity index (χ4n) is 4.89. The highest BCUT2D eigenvalue weighted by Gasteiger charge is 2.23. The van der Waals surface area contributed by atoms with Crippen molar-refractivity contribution in [2.75, 3.05) is 5.75 Å². The molecule has 8 heteroatoms. The van der Waals surface area contributed by atoms with E-state index in [2.05, 4.69) is 74.9 Å². The van der Waals surface area contributed by atoms with E-state index in [1.807, 2.05) is 12.1 Å². The zero-order valence-electron chi connectivity index (χ0n) is 23.4. The quantitative estimate of drug-likeness (QED) is 0.242. The number of sulfone groups is 1. The summed E-state index contributed by atoms with van der Waals surface area (Å²) in [4.78, 5) is 13.0. The molecule has 0 aromatic heterocycles. The minimum atomic E-state index is -4.18. The first-order valence-corrected chi connectivity index (χ1v) is 16.5. The van der Waals surface area contributed by atoms with Gasteiger partial charge in [-0.3, -0.25) is 4.79 Å². The lowest BCUT2D eigenvalue weighted by molar-refractivity contribution is -0.118. The van der Waals surface area contributed by atoms with Gasteiger partial charge in [0, 0.05) is 0 Å². The number of amides is 1. The Morgan fingerprint density at radius 2 is 1.25 bits per heavy atom. The second-order valence-corrected chi connectivity index (χ2v) is 14.5. The van der Waals surface area contributed by atoms with Gasteiger partial charge < -0.3 is 0 Å². The Labute approximate surface area is 237 Å². The molecule has 0 unspecified atom stereocenters. The number of carbonyl (C=O) groups excluding carboxylic acids is 1.